The number of nitrogens with one attached hydrogen (secondary N) is 2. The molecule has 0 fully saturated rings. The van der Waals surface area contributed by atoms with Crippen molar-refractivity contribution in [3.8, 4) is 22.7 Å². The van der Waals surface area contributed by atoms with E-state index in [4.69, 9.17) is 9.84 Å². The van der Waals surface area contributed by atoms with E-state index in [9.17, 15) is 13.2 Å². The zero-order valence-electron chi connectivity index (χ0n) is 22.4. The molecule has 5 aromatic rings. The van der Waals surface area contributed by atoms with Crippen LogP contribution in [0.2, 0.25) is 0 Å². The molecule has 0 aliphatic rings. The molecule has 1 aromatic heterocycles. The predicted molar refractivity (Wildman–Crippen MR) is 159 cm³/mol. The first-order valence-electron chi connectivity index (χ1n) is 12.6. The zero-order chi connectivity index (χ0) is 28.8. The Morgan fingerprint density at radius 3 is 2.24 bits per heavy atom. The number of carbonyl (C=O) groups is 1. The molecule has 9 nitrogen and oxygen atoms in total. The van der Waals surface area contributed by atoms with Gasteiger partial charge in [-0.3, -0.25) is 9.52 Å². The summed E-state index contributed by atoms with van der Waals surface area (Å²) in [5, 5.41) is 8.90. The second-order valence-electron chi connectivity index (χ2n) is 9.14. The second kappa shape index (κ2) is 11.9. The summed E-state index contributed by atoms with van der Waals surface area (Å²) in [6.45, 7) is 1.88. The summed E-state index contributed by atoms with van der Waals surface area (Å²) in [5.41, 5.74) is 7.25. The summed E-state index contributed by atoms with van der Waals surface area (Å²) in [5.74, 6) is 0.281. The largest absolute Gasteiger partial charge is 0.497 e. The summed E-state index contributed by atoms with van der Waals surface area (Å²) in [6.07, 6.45) is 3.37. The third kappa shape index (κ3) is 6.51. The molecule has 0 saturated carbocycles. The van der Waals surface area contributed by atoms with Crippen molar-refractivity contribution in [1.82, 2.24) is 15.2 Å². The lowest BCUT2D eigenvalue weighted by atomic mass is 10.1. The first-order valence-corrected chi connectivity index (χ1v) is 14.1. The number of aryl methyl sites for hydroxylation is 1. The number of hydrogen-bond donors (Lipinski definition) is 2. The summed E-state index contributed by atoms with van der Waals surface area (Å²) >= 11 is 0. The number of carbonyl (C=O) groups excluding carboxylic acids is 1. The van der Waals surface area contributed by atoms with Crippen LogP contribution in [0.1, 0.15) is 21.5 Å². The molecule has 2 N–H and O–H groups in total. The van der Waals surface area contributed by atoms with Crippen molar-refractivity contribution in [1.29, 1.82) is 0 Å². The van der Waals surface area contributed by atoms with Gasteiger partial charge in [-0.1, -0.05) is 35.9 Å². The van der Waals surface area contributed by atoms with Gasteiger partial charge in [0.2, 0.25) is 0 Å². The predicted octanol–water partition coefficient (Wildman–Crippen LogP) is 5.42. The molecule has 1 heterocycles. The van der Waals surface area contributed by atoms with Gasteiger partial charge in [-0.15, -0.1) is 0 Å². The monoisotopic (exact) mass is 565 g/mol. The van der Waals surface area contributed by atoms with Crippen LogP contribution < -0.4 is 14.9 Å². The standard InChI is InChI=1S/C31H27N5O4S/c1-22-8-18-29(19-9-22)41(38,39)35-26-14-10-24(11-15-26)31(37)33-32-20-25-21-36(27-6-4-3-5-7-27)34-30(25)23-12-16-28(40-2)17-13-23/h3-21,35H,1-2H3,(H,33,37)/b32-20+. The van der Waals surface area contributed by atoms with Gasteiger partial charge in [0.15, 0.2) is 0 Å². The van der Waals surface area contributed by atoms with E-state index >= 15 is 0 Å². The number of hydrazone groups is 1. The molecule has 206 valence electrons. The van der Waals surface area contributed by atoms with Gasteiger partial charge in [0.05, 0.1) is 23.9 Å². The molecule has 4 aromatic carbocycles. The molecule has 41 heavy (non-hydrogen) atoms. The van der Waals surface area contributed by atoms with Gasteiger partial charge in [-0.2, -0.15) is 10.2 Å². The highest BCUT2D eigenvalue weighted by Gasteiger charge is 2.15. The Kier molecular flexibility index (Phi) is 7.93. The van der Waals surface area contributed by atoms with Crippen LogP contribution in [0.15, 0.2) is 119 Å². The molecule has 0 bridgehead atoms. The maximum atomic E-state index is 12.7. The molecule has 0 saturated heterocycles. The maximum Gasteiger partial charge on any atom is 0.271 e. The van der Waals surface area contributed by atoms with E-state index in [-0.39, 0.29) is 4.90 Å². The van der Waals surface area contributed by atoms with Gasteiger partial charge in [0, 0.05) is 28.6 Å². The smallest absolute Gasteiger partial charge is 0.271 e. The van der Waals surface area contributed by atoms with Crippen LogP contribution in [0.5, 0.6) is 5.75 Å². The molecule has 5 rings (SSSR count). The van der Waals surface area contributed by atoms with Crippen LogP contribution in [0.4, 0.5) is 5.69 Å². The second-order valence-corrected chi connectivity index (χ2v) is 10.8. The number of ether oxygens (including phenoxy) is 1. The number of amides is 1. The number of methoxy groups -OCH3 is 1. The van der Waals surface area contributed by atoms with Gasteiger partial charge in [-0.25, -0.2) is 18.5 Å². The molecular formula is C31H27N5O4S. The molecule has 0 atom stereocenters. The number of hydrogen-bond acceptors (Lipinski definition) is 6. The Balaban J connectivity index is 1.30. The Hall–Kier alpha value is -5.22. The van der Waals surface area contributed by atoms with E-state index in [1.54, 1.807) is 36.1 Å². The Morgan fingerprint density at radius 1 is 0.902 bits per heavy atom. The highest BCUT2D eigenvalue weighted by atomic mass is 32.2. The zero-order valence-corrected chi connectivity index (χ0v) is 23.2. The summed E-state index contributed by atoms with van der Waals surface area (Å²) in [4.78, 5) is 12.9. The number of benzene rings is 4. The molecule has 0 unspecified atom stereocenters. The lowest BCUT2D eigenvalue weighted by Crippen LogP contribution is -2.18. The van der Waals surface area contributed by atoms with Crippen LogP contribution in [0.3, 0.4) is 0 Å². The van der Waals surface area contributed by atoms with Gasteiger partial charge in [0.1, 0.15) is 11.4 Å². The fourth-order valence-corrected chi connectivity index (χ4v) is 5.07. The van der Waals surface area contributed by atoms with Crippen molar-refractivity contribution in [2.24, 2.45) is 5.10 Å². The Labute approximate surface area is 238 Å². The van der Waals surface area contributed by atoms with Crippen LogP contribution in [-0.2, 0) is 10.0 Å². The molecular weight excluding hydrogens is 538 g/mol. The van der Waals surface area contributed by atoms with Crippen LogP contribution in [0, 0.1) is 6.92 Å². The van der Waals surface area contributed by atoms with E-state index in [0.29, 0.717) is 22.5 Å². The first-order chi connectivity index (χ1) is 19.8. The third-order valence-electron chi connectivity index (χ3n) is 6.23. The lowest BCUT2D eigenvalue weighted by Gasteiger charge is -2.09. The van der Waals surface area contributed by atoms with Crippen molar-refractivity contribution in [2.45, 2.75) is 11.8 Å². The number of aromatic nitrogens is 2. The van der Waals surface area contributed by atoms with Crippen molar-refractivity contribution in [2.75, 3.05) is 11.8 Å². The fourth-order valence-electron chi connectivity index (χ4n) is 4.01. The average molecular weight is 566 g/mol. The van der Waals surface area contributed by atoms with E-state index in [1.807, 2.05) is 67.7 Å². The van der Waals surface area contributed by atoms with Gasteiger partial charge in [-0.05, 0) is 79.7 Å². The Morgan fingerprint density at radius 2 is 1.59 bits per heavy atom. The van der Waals surface area contributed by atoms with E-state index in [2.05, 4.69) is 15.2 Å². The first kappa shape index (κ1) is 27.4. The van der Waals surface area contributed by atoms with Crippen LogP contribution >= 0.6 is 0 Å². The highest BCUT2D eigenvalue weighted by Crippen LogP contribution is 2.25. The summed E-state index contributed by atoms with van der Waals surface area (Å²) in [7, 11) is -2.14. The minimum absolute atomic E-state index is 0.156. The quantitative estimate of drug-likeness (QED) is 0.183. The molecule has 0 spiro atoms. The maximum absolute atomic E-state index is 12.7. The molecule has 0 aliphatic heterocycles. The van der Waals surface area contributed by atoms with Gasteiger partial charge >= 0.3 is 0 Å². The summed E-state index contributed by atoms with van der Waals surface area (Å²) < 4.78 is 34.8. The number of nitrogens with zero attached hydrogens (tertiary/aromatic N) is 3. The molecule has 1 amide bonds. The average Bonchev–Trinajstić information content (AvgIpc) is 3.42. The number of rotatable bonds is 9. The van der Waals surface area contributed by atoms with E-state index < -0.39 is 15.9 Å². The van der Waals surface area contributed by atoms with Crippen molar-refractivity contribution in [3.05, 3.63) is 126 Å². The number of anilines is 1. The van der Waals surface area contributed by atoms with Gasteiger partial charge in [0.25, 0.3) is 15.9 Å². The van der Waals surface area contributed by atoms with E-state index in [1.165, 1.54) is 30.5 Å². The highest BCUT2D eigenvalue weighted by molar-refractivity contribution is 7.92. The number of sulfonamides is 1. The summed E-state index contributed by atoms with van der Waals surface area (Å²) in [6, 6.07) is 29.8. The van der Waals surface area contributed by atoms with Crippen molar-refractivity contribution >= 4 is 27.8 Å². The van der Waals surface area contributed by atoms with Crippen LogP contribution in [0.25, 0.3) is 16.9 Å². The van der Waals surface area contributed by atoms with E-state index in [0.717, 1.165) is 22.6 Å². The van der Waals surface area contributed by atoms with Crippen molar-refractivity contribution < 1.29 is 17.9 Å². The lowest BCUT2D eigenvalue weighted by molar-refractivity contribution is 0.0955. The minimum atomic E-state index is -3.75. The SMILES string of the molecule is COc1ccc(-c2nn(-c3ccccc3)cc2/C=N/NC(=O)c2ccc(NS(=O)(=O)c3ccc(C)cc3)cc2)cc1. The fraction of sp³-hybridized carbons (Fsp3) is 0.0645. The van der Waals surface area contributed by atoms with Gasteiger partial charge < -0.3 is 4.74 Å². The normalized spacial score (nSPS) is 11.4. The number of para-hydroxylation sites is 1. The molecule has 0 aliphatic carbocycles. The van der Waals surface area contributed by atoms with Crippen LogP contribution in [-0.4, -0.2) is 37.4 Å². The molecule has 10 heteroatoms. The topological polar surface area (TPSA) is 115 Å². The Bertz CT molecular complexity index is 1780. The minimum Gasteiger partial charge on any atom is -0.497 e. The van der Waals surface area contributed by atoms with Crippen molar-refractivity contribution in [3.63, 3.8) is 0 Å². The third-order valence-corrected chi connectivity index (χ3v) is 7.62. The molecule has 0 radical (unpaired) electrons.